The van der Waals surface area contributed by atoms with Crippen LogP contribution in [0, 0.1) is 0 Å². The van der Waals surface area contributed by atoms with E-state index in [1.807, 2.05) is 29.8 Å². The van der Waals surface area contributed by atoms with Gasteiger partial charge in [-0.25, -0.2) is 4.98 Å². The van der Waals surface area contributed by atoms with Crippen molar-refractivity contribution >= 4 is 27.0 Å². The molecule has 4 heteroatoms. The number of hydrogen-bond acceptors (Lipinski definition) is 2. The molecule has 13 heavy (non-hydrogen) atoms. The molecule has 0 radical (unpaired) electrons. The second kappa shape index (κ2) is 3.12. The summed E-state index contributed by atoms with van der Waals surface area (Å²) in [7, 11) is 1.98. The highest BCUT2D eigenvalue weighted by Crippen LogP contribution is 2.19. The summed E-state index contributed by atoms with van der Waals surface area (Å²) in [4.78, 5) is 4.40. The Morgan fingerprint density at radius 3 is 3.00 bits per heavy atom. The van der Waals surface area contributed by atoms with Crippen LogP contribution >= 0.6 is 15.9 Å². The molecule has 0 amide bonds. The van der Waals surface area contributed by atoms with Crippen LogP contribution in [0.4, 0.5) is 0 Å². The highest BCUT2D eigenvalue weighted by molar-refractivity contribution is 9.10. The van der Waals surface area contributed by atoms with E-state index in [-0.39, 0.29) is 0 Å². The van der Waals surface area contributed by atoms with Crippen molar-refractivity contribution in [2.75, 3.05) is 0 Å². The average molecular weight is 240 g/mol. The Labute approximate surface area is 84.7 Å². The summed E-state index contributed by atoms with van der Waals surface area (Å²) < 4.78 is 3.06. The summed E-state index contributed by atoms with van der Waals surface area (Å²) in [6, 6.07) is 6.03. The first-order valence-electron chi connectivity index (χ1n) is 4.03. The van der Waals surface area contributed by atoms with Crippen LogP contribution in [-0.2, 0) is 13.6 Å². The molecule has 68 valence electrons. The molecule has 0 saturated heterocycles. The molecule has 0 fully saturated rings. The summed E-state index contributed by atoms with van der Waals surface area (Å²) in [6.07, 6.45) is 0. The predicted octanol–water partition coefficient (Wildman–Crippen LogP) is 1.79. The zero-order valence-electron chi connectivity index (χ0n) is 7.29. The van der Waals surface area contributed by atoms with Gasteiger partial charge >= 0.3 is 0 Å². The SMILES string of the molecule is Cn1c(CN)nc2cc(Br)ccc21. The third-order valence-electron chi connectivity index (χ3n) is 2.12. The third kappa shape index (κ3) is 1.36. The maximum atomic E-state index is 5.56. The van der Waals surface area contributed by atoms with Gasteiger partial charge in [0.2, 0.25) is 0 Å². The van der Waals surface area contributed by atoms with E-state index in [4.69, 9.17) is 5.73 Å². The van der Waals surface area contributed by atoms with Gasteiger partial charge in [-0.15, -0.1) is 0 Å². The molecule has 2 rings (SSSR count). The van der Waals surface area contributed by atoms with Crippen LogP contribution in [0.3, 0.4) is 0 Å². The number of benzene rings is 1. The van der Waals surface area contributed by atoms with Crippen molar-refractivity contribution in [3.05, 3.63) is 28.5 Å². The van der Waals surface area contributed by atoms with E-state index in [9.17, 15) is 0 Å². The summed E-state index contributed by atoms with van der Waals surface area (Å²) in [6.45, 7) is 0.475. The molecule has 0 atom stereocenters. The minimum absolute atomic E-state index is 0.475. The number of aryl methyl sites for hydroxylation is 1. The van der Waals surface area contributed by atoms with Gasteiger partial charge in [0, 0.05) is 11.5 Å². The largest absolute Gasteiger partial charge is 0.330 e. The Kier molecular flexibility index (Phi) is 2.09. The molecule has 0 aliphatic rings. The fourth-order valence-electron chi connectivity index (χ4n) is 1.41. The van der Waals surface area contributed by atoms with E-state index < -0.39 is 0 Å². The monoisotopic (exact) mass is 239 g/mol. The number of hydrogen-bond donors (Lipinski definition) is 1. The molecule has 2 N–H and O–H groups in total. The molecule has 1 aromatic heterocycles. The van der Waals surface area contributed by atoms with Crippen LogP contribution in [0.15, 0.2) is 22.7 Å². The van der Waals surface area contributed by atoms with Crippen molar-refractivity contribution in [1.29, 1.82) is 0 Å². The standard InChI is InChI=1S/C9H10BrN3/c1-13-8-3-2-6(10)4-7(8)12-9(13)5-11/h2-4H,5,11H2,1H3. The predicted molar refractivity (Wildman–Crippen MR) is 56.3 cm³/mol. The van der Waals surface area contributed by atoms with Gasteiger partial charge in [0.1, 0.15) is 5.82 Å². The van der Waals surface area contributed by atoms with E-state index in [2.05, 4.69) is 20.9 Å². The smallest absolute Gasteiger partial charge is 0.123 e. The lowest BCUT2D eigenvalue weighted by Gasteiger charge is -1.97. The van der Waals surface area contributed by atoms with E-state index in [1.165, 1.54) is 0 Å². The van der Waals surface area contributed by atoms with Gasteiger partial charge in [0.05, 0.1) is 17.6 Å². The first-order valence-corrected chi connectivity index (χ1v) is 4.82. The molecular formula is C9H10BrN3. The Morgan fingerprint density at radius 1 is 1.54 bits per heavy atom. The first-order chi connectivity index (χ1) is 6.22. The minimum atomic E-state index is 0.475. The van der Waals surface area contributed by atoms with Crippen LogP contribution in [0.5, 0.6) is 0 Å². The van der Waals surface area contributed by atoms with Gasteiger partial charge in [-0.05, 0) is 18.2 Å². The van der Waals surface area contributed by atoms with Crippen molar-refractivity contribution in [2.24, 2.45) is 12.8 Å². The van der Waals surface area contributed by atoms with Gasteiger partial charge in [-0.3, -0.25) is 0 Å². The van der Waals surface area contributed by atoms with Gasteiger partial charge in [0.25, 0.3) is 0 Å². The maximum absolute atomic E-state index is 5.56. The molecule has 3 nitrogen and oxygen atoms in total. The van der Waals surface area contributed by atoms with Crippen LogP contribution in [0.2, 0.25) is 0 Å². The first kappa shape index (κ1) is 8.72. The fraction of sp³-hybridized carbons (Fsp3) is 0.222. The summed E-state index contributed by atoms with van der Waals surface area (Å²) >= 11 is 3.41. The Balaban J connectivity index is 2.76. The van der Waals surface area contributed by atoms with E-state index in [1.54, 1.807) is 0 Å². The molecule has 0 aliphatic carbocycles. The van der Waals surface area contributed by atoms with E-state index in [0.717, 1.165) is 21.3 Å². The highest BCUT2D eigenvalue weighted by Gasteiger charge is 2.05. The molecule has 0 spiro atoms. The number of halogens is 1. The van der Waals surface area contributed by atoms with Crippen molar-refractivity contribution in [2.45, 2.75) is 6.54 Å². The fourth-order valence-corrected chi connectivity index (χ4v) is 1.75. The normalized spacial score (nSPS) is 11.0. The van der Waals surface area contributed by atoms with Crippen molar-refractivity contribution < 1.29 is 0 Å². The number of fused-ring (bicyclic) bond motifs is 1. The maximum Gasteiger partial charge on any atom is 0.123 e. The molecule has 0 unspecified atom stereocenters. The van der Waals surface area contributed by atoms with Crippen molar-refractivity contribution in [1.82, 2.24) is 9.55 Å². The minimum Gasteiger partial charge on any atom is -0.330 e. The van der Waals surface area contributed by atoms with Crippen LogP contribution in [0.25, 0.3) is 11.0 Å². The Bertz CT molecular complexity index is 447. The molecular weight excluding hydrogens is 230 g/mol. The van der Waals surface area contributed by atoms with E-state index in [0.29, 0.717) is 6.54 Å². The molecule has 1 heterocycles. The third-order valence-corrected chi connectivity index (χ3v) is 2.61. The summed E-state index contributed by atoms with van der Waals surface area (Å²) in [5.41, 5.74) is 7.66. The van der Waals surface area contributed by atoms with Crippen LogP contribution < -0.4 is 5.73 Å². The second-order valence-electron chi connectivity index (χ2n) is 2.92. The zero-order valence-corrected chi connectivity index (χ0v) is 8.87. The Hall–Kier alpha value is -0.870. The topological polar surface area (TPSA) is 43.8 Å². The number of nitrogens with zero attached hydrogens (tertiary/aromatic N) is 2. The summed E-state index contributed by atoms with van der Waals surface area (Å²) in [5.74, 6) is 0.910. The van der Waals surface area contributed by atoms with Crippen LogP contribution in [0.1, 0.15) is 5.82 Å². The Morgan fingerprint density at radius 2 is 2.31 bits per heavy atom. The van der Waals surface area contributed by atoms with Gasteiger partial charge < -0.3 is 10.3 Å². The van der Waals surface area contributed by atoms with E-state index >= 15 is 0 Å². The van der Waals surface area contributed by atoms with Gasteiger partial charge in [-0.2, -0.15) is 0 Å². The van der Waals surface area contributed by atoms with Crippen LogP contribution in [-0.4, -0.2) is 9.55 Å². The molecule has 0 aliphatic heterocycles. The highest BCUT2D eigenvalue weighted by atomic mass is 79.9. The number of rotatable bonds is 1. The quantitative estimate of drug-likeness (QED) is 0.825. The van der Waals surface area contributed by atoms with Gasteiger partial charge in [0.15, 0.2) is 0 Å². The lowest BCUT2D eigenvalue weighted by atomic mass is 10.3. The average Bonchev–Trinajstić information content (AvgIpc) is 2.42. The number of aromatic nitrogens is 2. The molecule has 0 saturated carbocycles. The van der Waals surface area contributed by atoms with Crippen molar-refractivity contribution in [3.63, 3.8) is 0 Å². The second-order valence-corrected chi connectivity index (χ2v) is 3.84. The number of imidazole rings is 1. The van der Waals surface area contributed by atoms with Crippen molar-refractivity contribution in [3.8, 4) is 0 Å². The van der Waals surface area contributed by atoms with Gasteiger partial charge in [-0.1, -0.05) is 15.9 Å². The number of nitrogens with two attached hydrogens (primary N) is 1. The molecule has 2 aromatic rings. The zero-order chi connectivity index (χ0) is 9.42. The molecule has 0 bridgehead atoms. The lowest BCUT2D eigenvalue weighted by Crippen LogP contribution is -2.04. The lowest BCUT2D eigenvalue weighted by molar-refractivity contribution is 0.813. The molecule has 1 aromatic carbocycles. The summed E-state index contributed by atoms with van der Waals surface area (Å²) in [5, 5.41) is 0.